The first-order valence-electron chi connectivity index (χ1n) is 9.52. The number of rotatable bonds is 3. The molecular formula is C24H26N2O2. The zero-order chi connectivity index (χ0) is 20.7. The maximum Gasteiger partial charge on any atom is 0.328 e. The van der Waals surface area contributed by atoms with Gasteiger partial charge >= 0.3 is 5.97 Å². The number of nitriles is 1. The molecule has 1 aromatic carbocycles. The molecule has 1 N–H and O–H groups in total. The molecule has 0 fully saturated rings. The smallest absolute Gasteiger partial charge is 0.328 e. The molecule has 0 saturated carbocycles. The Balaban J connectivity index is 2.24. The van der Waals surface area contributed by atoms with Crippen molar-refractivity contribution in [2.45, 2.75) is 58.3 Å². The van der Waals surface area contributed by atoms with Crippen molar-refractivity contribution in [3.05, 3.63) is 58.4 Å². The van der Waals surface area contributed by atoms with Crippen LogP contribution in [0, 0.1) is 18.3 Å². The molecule has 28 heavy (non-hydrogen) atoms. The summed E-state index contributed by atoms with van der Waals surface area (Å²) in [6.45, 7) is 11.2. The zero-order valence-electron chi connectivity index (χ0n) is 17.1. The molecule has 0 bridgehead atoms. The average molecular weight is 374 g/mol. The van der Waals surface area contributed by atoms with Crippen molar-refractivity contribution in [3.8, 4) is 17.2 Å². The summed E-state index contributed by atoms with van der Waals surface area (Å²) in [6, 6.07) is 8.52. The summed E-state index contributed by atoms with van der Waals surface area (Å²) in [5.74, 6) is -1.03. The summed E-state index contributed by atoms with van der Waals surface area (Å²) >= 11 is 0. The van der Waals surface area contributed by atoms with E-state index >= 15 is 0 Å². The number of pyridine rings is 1. The van der Waals surface area contributed by atoms with Gasteiger partial charge in [0.15, 0.2) is 0 Å². The van der Waals surface area contributed by atoms with Crippen LogP contribution < -0.4 is 0 Å². The third-order valence-electron chi connectivity index (χ3n) is 5.93. The summed E-state index contributed by atoms with van der Waals surface area (Å²) in [6.07, 6.45) is 6.29. The summed E-state index contributed by atoms with van der Waals surface area (Å²) in [5, 5.41) is 18.5. The van der Waals surface area contributed by atoms with E-state index in [1.165, 1.54) is 23.4 Å². The Labute approximate surface area is 166 Å². The minimum absolute atomic E-state index is 0.0686. The van der Waals surface area contributed by atoms with Gasteiger partial charge in [-0.2, -0.15) is 5.26 Å². The SMILES string of the molecule is Cc1cc2c(cc1-c1cc(/C=C/C(=O)O)ncc1C#N)C(C)(C)CCC2(C)C. The van der Waals surface area contributed by atoms with E-state index in [2.05, 4.69) is 57.8 Å². The predicted molar refractivity (Wildman–Crippen MR) is 111 cm³/mol. The van der Waals surface area contributed by atoms with Gasteiger partial charge in [0.05, 0.1) is 11.3 Å². The number of hydrogen-bond donors (Lipinski definition) is 1. The fourth-order valence-corrected chi connectivity index (χ4v) is 4.04. The third-order valence-corrected chi connectivity index (χ3v) is 5.93. The number of carboxylic acids is 1. The van der Waals surface area contributed by atoms with E-state index in [-0.39, 0.29) is 10.8 Å². The van der Waals surface area contributed by atoms with Gasteiger partial charge in [-0.15, -0.1) is 0 Å². The molecule has 0 spiro atoms. The van der Waals surface area contributed by atoms with Crippen LogP contribution in [0.5, 0.6) is 0 Å². The molecule has 1 aromatic heterocycles. The number of carboxylic acid groups (broad SMARTS) is 1. The second-order valence-electron chi connectivity index (χ2n) is 8.92. The molecule has 1 aliphatic carbocycles. The molecule has 0 unspecified atom stereocenters. The molecule has 2 aromatic rings. The lowest BCUT2D eigenvalue weighted by Crippen LogP contribution is -2.34. The van der Waals surface area contributed by atoms with Gasteiger partial charge in [0.1, 0.15) is 6.07 Å². The average Bonchev–Trinajstić information content (AvgIpc) is 2.63. The van der Waals surface area contributed by atoms with Crippen LogP contribution >= 0.6 is 0 Å². The van der Waals surface area contributed by atoms with Crippen LogP contribution in [-0.2, 0) is 15.6 Å². The van der Waals surface area contributed by atoms with Crippen LogP contribution in [0.2, 0.25) is 0 Å². The number of benzene rings is 1. The van der Waals surface area contributed by atoms with Crippen molar-refractivity contribution >= 4 is 12.0 Å². The van der Waals surface area contributed by atoms with Crippen LogP contribution in [0.15, 0.2) is 30.5 Å². The van der Waals surface area contributed by atoms with Gasteiger partial charge in [0.25, 0.3) is 0 Å². The zero-order valence-corrected chi connectivity index (χ0v) is 17.1. The molecule has 0 atom stereocenters. The van der Waals surface area contributed by atoms with E-state index in [1.54, 1.807) is 6.07 Å². The molecule has 0 aliphatic heterocycles. The summed E-state index contributed by atoms with van der Waals surface area (Å²) in [5.41, 5.74) is 6.82. The van der Waals surface area contributed by atoms with Gasteiger partial charge in [-0.1, -0.05) is 39.8 Å². The number of hydrogen-bond acceptors (Lipinski definition) is 3. The molecular weight excluding hydrogens is 348 g/mol. The number of carbonyl (C=O) groups is 1. The second-order valence-corrected chi connectivity index (χ2v) is 8.92. The van der Waals surface area contributed by atoms with Gasteiger partial charge in [-0.05, 0) is 65.0 Å². The van der Waals surface area contributed by atoms with Gasteiger partial charge in [-0.25, -0.2) is 4.79 Å². The van der Waals surface area contributed by atoms with Crippen molar-refractivity contribution in [3.63, 3.8) is 0 Å². The minimum atomic E-state index is -1.03. The van der Waals surface area contributed by atoms with Gasteiger partial charge < -0.3 is 5.11 Å². The van der Waals surface area contributed by atoms with E-state index < -0.39 is 5.97 Å². The number of aliphatic carboxylic acids is 1. The second kappa shape index (κ2) is 6.91. The molecule has 1 heterocycles. The van der Waals surface area contributed by atoms with Crippen molar-refractivity contribution < 1.29 is 9.90 Å². The van der Waals surface area contributed by atoms with Crippen LogP contribution in [0.4, 0.5) is 0 Å². The Morgan fingerprint density at radius 2 is 1.71 bits per heavy atom. The first-order chi connectivity index (χ1) is 13.0. The Hall–Kier alpha value is -2.93. The van der Waals surface area contributed by atoms with E-state index in [4.69, 9.17) is 5.11 Å². The van der Waals surface area contributed by atoms with E-state index in [9.17, 15) is 10.1 Å². The monoisotopic (exact) mass is 374 g/mol. The first-order valence-corrected chi connectivity index (χ1v) is 9.52. The highest BCUT2D eigenvalue weighted by Crippen LogP contribution is 2.47. The van der Waals surface area contributed by atoms with Gasteiger partial charge in [0, 0.05) is 17.8 Å². The lowest BCUT2D eigenvalue weighted by atomic mass is 9.62. The molecule has 1 aliphatic rings. The van der Waals surface area contributed by atoms with E-state index in [1.807, 2.05) is 0 Å². The molecule has 4 nitrogen and oxygen atoms in total. The minimum Gasteiger partial charge on any atom is -0.478 e. The Bertz CT molecular complexity index is 1020. The van der Waals surface area contributed by atoms with Crippen LogP contribution in [-0.4, -0.2) is 16.1 Å². The molecule has 0 amide bonds. The molecule has 4 heteroatoms. The summed E-state index contributed by atoms with van der Waals surface area (Å²) in [7, 11) is 0. The van der Waals surface area contributed by atoms with Gasteiger partial charge in [-0.3, -0.25) is 4.98 Å². The third kappa shape index (κ3) is 3.57. The number of aryl methyl sites for hydroxylation is 1. The standard InChI is InChI=1S/C24H26N2O2/c1-15-10-20-21(24(4,5)9-8-23(20,2)3)12-18(15)19-11-17(6-7-22(27)28)26-14-16(19)13-25/h6-7,10-12,14H,8-9H2,1-5H3,(H,27,28)/b7-6+. The maximum atomic E-state index is 10.8. The number of aromatic nitrogens is 1. The van der Waals surface area contributed by atoms with Crippen molar-refractivity contribution in [2.75, 3.05) is 0 Å². The fourth-order valence-electron chi connectivity index (χ4n) is 4.04. The number of nitrogens with zero attached hydrogens (tertiary/aromatic N) is 2. The Morgan fingerprint density at radius 3 is 2.29 bits per heavy atom. The quantitative estimate of drug-likeness (QED) is 0.732. The van der Waals surface area contributed by atoms with E-state index in [0.717, 1.165) is 35.6 Å². The highest BCUT2D eigenvalue weighted by atomic mass is 16.4. The topological polar surface area (TPSA) is 74.0 Å². The largest absolute Gasteiger partial charge is 0.478 e. The highest BCUT2D eigenvalue weighted by molar-refractivity contribution is 5.85. The summed E-state index contributed by atoms with van der Waals surface area (Å²) in [4.78, 5) is 15.0. The highest BCUT2D eigenvalue weighted by Gasteiger charge is 2.37. The Kier molecular flexibility index (Phi) is 4.89. The Morgan fingerprint density at radius 1 is 1.11 bits per heavy atom. The summed E-state index contributed by atoms with van der Waals surface area (Å²) < 4.78 is 0. The maximum absolute atomic E-state index is 10.8. The van der Waals surface area contributed by atoms with Crippen molar-refractivity contribution in [1.82, 2.24) is 4.98 Å². The van der Waals surface area contributed by atoms with Crippen LogP contribution in [0.3, 0.4) is 0 Å². The fraction of sp³-hybridized carbons (Fsp3) is 0.375. The van der Waals surface area contributed by atoms with Crippen molar-refractivity contribution in [1.29, 1.82) is 5.26 Å². The molecule has 3 rings (SSSR count). The predicted octanol–water partition coefficient (Wildman–Crippen LogP) is 5.38. The number of fused-ring (bicyclic) bond motifs is 1. The molecule has 0 saturated heterocycles. The van der Waals surface area contributed by atoms with Crippen LogP contribution in [0.25, 0.3) is 17.2 Å². The first kappa shape index (κ1) is 19.8. The van der Waals surface area contributed by atoms with Crippen LogP contribution in [0.1, 0.15) is 68.5 Å². The van der Waals surface area contributed by atoms with Gasteiger partial charge in [0.2, 0.25) is 0 Å². The lowest BCUT2D eigenvalue weighted by molar-refractivity contribution is -0.131. The molecule has 0 radical (unpaired) electrons. The molecule has 144 valence electrons. The van der Waals surface area contributed by atoms with E-state index in [0.29, 0.717) is 11.3 Å². The normalized spacial score (nSPS) is 17.1. The van der Waals surface area contributed by atoms with Crippen molar-refractivity contribution in [2.24, 2.45) is 0 Å². The lowest BCUT2D eigenvalue weighted by Gasteiger charge is -2.42.